The van der Waals surface area contributed by atoms with E-state index in [9.17, 15) is 12.8 Å². The topological polar surface area (TPSA) is 34.1 Å². The smallest absolute Gasteiger partial charge is 0.150 e. The average Bonchev–Trinajstić information content (AvgIpc) is 2.59. The molecule has 1 aromatic carbocycles. The lowest BCUT2D eigenvalue weighted by molar-refractivity contribution is 0.567. The molecule has 0 aliphatic carbocycles. The minimum Gasteiger partial charge on any atom is -0.229 e. The molecule has 1 aromatic rings. The van der Waals surface area contributed by atoms with Crippen molar-refractivity contribution < 1.29 is 12.8 Å². The maximum atomic E-state index is 12.7. The van der Waals surface area contributed by atoms with E-state index in [2.05, 4.69) is 0 Å². The molecular weight excluding hydrogens is 251 g/mol. The molecule has 5 heteroatoms. The lowest BCUT2D eigenvalue weighted by Gasteiger charge is -2.15. The summed E-state index contributed by atoms with van der Waals surface area (Å²) in [6, 6.07) is 5.90. The van der Waals surface area contributed by atoms with Crippen LogP contribution in [0.1, 0.15) is 17.4 Å². The minimum absolute atomic E-state index is 0.0582. The standard InChI is InChI=1S/C11H12ClFO2S/c12-11(8-1-3-10(13)4-2-8)9-5-6-16(14,15)7-9/h1-4,9,11H,5-7H2. The van der Waals surface area contributed by atoms with E-state index in [1.807, 2.05) is 0 Å². The number of halogens is 2. The third-order valence-electron chi connectivity index (χ3n) is 2.87. The van der Waals surface area contributed by atoms with Gasteiger partial charge in [-0.3, -0.25) is 0 Å². The minimum atomic E-state index is -2.92. The van der Waals surface area contributed by atoms with Crippen LogP contribution in [0.4, 0.5) is 4.39 Å². The molecular formula is C11H12ClFO2S. The number of sulfone groups is 1. The quantitative estimate of drug-likeness (QED) is 0.768. The van der Waals surface area contributed by atoms with E-state index >= 15 is 0 Å². The van der Waals surface area contributed by atoms with Crippen LogP contribution in [-0.2, 0) is 9.84 Å². The van der Waals surface area contributed by atoms with Crippen LogP contribution in [0.25, 0.3) is 0 Å². The van der Waals surface area contributed by atoms with Crippen molar-refractivity contribution in [2.24, 2.45) is 5.92 Å². The van der Waals surface area contributed by atoms with Crippen LogP contribution in [0.2, 0.25) is 0 Å². The van der Waals surface area contributed by atoms with Crippen molar-refractivity contribution in [1.82, 2.24) is 0 Å². The van der Waals surface area contributed by atoms with E-state index in [-0.39, 0.29) is 28.6 Å². The first-order valence-electron chi connectivity index (χ1n) is 5.08. The van der Waals surface area contributed by atoms with E-state index in [0.717, 1.165) is 5.56 Å². The van der Waals surface area contributed by atoms with Gasteiger partial charge in [0.05, 0.1) is 16.9 Å². The summed E-state index contributed by atoms with van der Waals surface area (Å²) >= 11 is 6.21. The molecule has 0 saturated carbocycles. The van der Waals surface area contributed by atoms with Crippen molar-refractivity contribution in [3.8, 4) is 0 Å². The first-order chi connectivity index (χ1) is 7.48. The van der Waals surface area contributed by atoms with E-state index < -0.39 is 9.84 Å². The Morgan fingerprint density at radius 3 is 2.44 bits per heavy atom. The van der Waals surface area contributed by atoms with Gasteiger partial charge in [-0.25, -0.2) is 12.8 Å². The Hall–Kier alpha value is -0.610. The molecule has 0 radical (unpaired) electrons. The largest absolute Gasteiger partial charge is 0.229 e. The van der Waals surface area contributed by atoms with E-state index in [4.69, 9.17) is 11.6 Å². The van der Waals surface area contributed by atoms with Crippen molar-refractivity contribution in [2.75, 3.05) is 11.5 Å². The van der Waals surface area contributed by atoms with Gasteiger partial charge in [-0.2, -0.15) is 0 Å². The third-order valence-corrected chi connectivity index (χ3v) is 5.27. The molecule has 0 N–H and O–H groups in total. The fraction of sp³-hybridized carbons (Fsp3) is 0.455. The Morgan fingerprint density at radius 2 is 1.94 bits per heavy atom. The molecule has 1 aliphatic heterocycles. The second-order valence-electron chi connectivity index (χ2n) is 4.12. The van der Waals surface area contributed by atoms with Gasteiger partial charge in [0.1, 0.15) is 5.82 Å². The highest BCUT2D eigenvalue weighted by molar-refractivity contribution is 7.91. The third kappa shape index (κ3) is 2.55. The Bertz CT molecular complexity index is 469. The van der Waals surface area contributed by atoms with Gasteiger partial charge in [-0.05, 0) is 30.0 Å². The van der Waals surface area contributed by atoms with Crippen LogP contribution in [0.5, 0.6) is 0 Å². The highest BCUT2D eigenvalue weighted by atomic mass is 35.5. The summed E-state index contributed by atoms with van der Waals surface area (Å²) in [6.45, 7) is 0. The van der Waals surface area contributed by atoms with Gasteiger partial charge in [-0.1, -0.05) is 12.1 Å². The van der Waals surface area contributed by atoms with Gasteiger partial charge in [0.25, 0.3) is 0 Å². The molecule has 88 valence electrons. The SMILES string of the molecule is O=S1(=O)CCC(C(Cl)c2ccc(F)cc2)C1. The van der Waals surface area contributed by atoms with Crippen molar-refractivity contribution in [3.05, 3.63) is 35.6 Å². The van der Waals surface area contributed by atoms with Crippen molar-refractivity contribution in [2.45, 2.75) is 11.8 Å². The van der Waals surface area contributed by atoms with Gasteiger partial charge in [0, 0.05) is 0 Å². The van der Waals surface area contributed by atoms with Crippen molar-refractivity contribution in [1.29, 1.82) is 0 Å². The highest BCUT2D eigenvalue weighted by Gasteiger charge is 2.33. The van der Waals surface area contributed by atoms with Crippen LogP contribution in [-0.4, -0.2) is 19.9 Å². The van der Waals surface area contributed by atoms with Crippen LogP contribution in [0.15, 0.2) is 24.3 Å². The maximum Gasteiger partial charge on any atom is 0.150 e. The molecule has 2 unspecified atom stereocenters. The molecule has 1 fully saturated rings. The average molecular weight is 263 g/mol. The molecule has 1 heterocycles. The summed E-state index contributed by atoms with van der Waals surface area (Å²) in [5.41, 5.74) is 0.783. The number of hydrogen-bond acceptors (Lipinski definition) is 2. The van der Waals surface area contributed by atoms with Crippen molar-refractivity contribution >= 4 is 21.4 Å². The Balaban J connectivity index is 2.14. The van der Waals surface area contributed by atoms with Crippen LogP contribution < -0.4 is 0 Å². The predicted octanol–water partition coefficient (Wildman–Crippen LogP) is 2.54. The Labute approximate surface area is 99.3 Å². The summed E-state index contributed by atoms with van der Waals surface area (Å²) in [7, 11) is -2.92. The summed E-state index contributed by atoms with van der Waals surface area (Å²) in [4.78, 5) is 0. The molecule has 2 nitrogen and oxygen atoms in total. The number of benzene rings is 1. The molecule has 0 aromatic heterocycles. The molecule has 2 rings (SSSR count). The second kappa shape index (κ2) is 4.34. The number of hydrogen-bond donors (Lipinski definition) is 0. The zero-order chi connectivity index (χ0) is 11.8. The van der Waals surface area contributed by atoms with Crippen LogP contribution in [0, 0.1) is 11.7 Å². The fourth-order valence-electron chi connectivity index (χ4n) is 1.97. The lowest BCUT2D eigenvalue weighted by Crippen LogP contribution is -2.10. The van der Waals surface area contributed by atoms with Crippen molar-refractivity contribution in [3.63, 3.8) is 0 Å². The van der Waals surface area contributed by atoms with Gasteiger partial charge >= 0.3 is 0 Å². The Kier molecular flexibility index (Phi) is 3.22. The first kappa shape index (κ1) is 11.9. The van der Waals surface area contributed by atoms with Crippen LogP contribution >= 0.6 is 11.6 Å². The van der Waals surface area contributed by atoms with E-state index in [1.54, 1.807) is 12.1 Å². The normalized spacial score (nSPS) is 25.5. The zero-order valence-corrected chi connectivity index (χ0v) is 10.1. The molecule has 16 heavy (non-hydrogen) atoms. The maximum absolute atomic E-state index is 12.7. The van der Waals surface area contributed by atoms with Crippen LogP contribution in [0.3, 0.4) is 0 Å². The lowest BCUT2D eigenvalue weighted by atomic mass is 9.98. The molecule has 0 amide bonds. The molecule has 0 spiro atoms. The number of rotatable bonds is 2. The summed E-state index contributed by atoms with van der Waals surface area (Å²) in [6.07, 6.45) is 0.591. The summed E-state index contributed by atoms with van der Waals surface area (Å²) in [5.74, 6) is -0.0237. The fourth-order valence-corrected chi connectivity index (χ4v) is 4.28. The van der Waals surface area contributed by atoms with Gasteiger partial charge < -0.3 is 0 Å². The molecule has 1 saturated heterocycles. The molecule has 1 aliphatic rings. The Morgan fingerprint density at radius 1 is 1.31 bits per heavy atom. The van der Waals surface area contributed by atoms with Gasteiger partial charge in [0.15, 0.2) is 9.84 Å². The van der Waals surface area contributed by atoms with E-state index in [1.165, 1.54) is 12.1 Å². The molecule has 2 atom stereocenters. The highest BCUT2D eigenvalue weighted by Crippen LogP contribution is 2.36. The monoisotopic (exact) mass is 262 g/mol. The van der Waals surface area contributed by atoms with E-state index in [0.29, 0.717) is 6.42 Å². The second-order valence-corrected chi connectivity index (χ2v) is 6.82. The van der Waals surface area contributed by atoms with Gasteiger partial charge in [-0.15, -0.1) is 11.6 Å². The first-order valence-corrected chi connectivity index (χ1v) is 7.34. The number of alkyl halides is 1. The zero-order valence-electron chi connectivity index (χ0n) is 8.57. The predicted molar refractivity (Wildman–Crippen MR) is 61.8 cm³/mol. The molecule has 0 bridgehead atoms. The summed E-state index contributed by atoms with van der Waals surface area (Å²) in [5, 5.41) is -0.349. The van der Waals surface area contributed by atoms with Gasteiger partial charge in [0.2, 0.25) is 0 Å². The summed E-state index contributed by atoms with van der Waals surface area (Å²) < 4.78 is 35.3.